The van der Waals surface area contributed by atoms with Gasteiger partial charge >= 0.3 is 0 Å². The summed E-state index contributed by atoms with van der Waals surface area (Å²) in [5.41, 5.74) is 1.03. The molecule has 1 saturated heterocycles. The Balaban J connectivity index is 2.11. The molecule has 1 aromatic carbocycles. The topological polar surface area (TPSA) is 47.6 Å². The summed E-state index contributed by atoms with van der Waals surface area (Å²) in [6, 6.07) is 5.74. The van der Waals surface area contributed by atoms with Crippen molar-refractivity contribution < 1.29 is 14.3 Å². The van der Waals surface area contributed by atoms with Crippen LogP contribution >= 0.6 is 0 Å². The SMILES string of the molecule is COc1cccc2c1C1CNC(=O)C1CO2. The normalized spacial score (nSPS) is 26.4. The zero-order chi connectivity index (χ0) is 11.1. The van der Waals surface area contributed by atoms with Crippen LogP contribution in [0.25, 0.3) is 0 Å². The summed E-state index contributed by atoms with van der Waals surface area (Å²) < 4.78 is 10.9. The Hall–Kier alpha value is -1.71. The maximum atomic E-state index is 11.6. The van der Waals surface area contributed by atoms with E-state index in [1.165, 1.54) is 0 Å². The van der Waals surface area contributed by atoms with E-state index in [0.717, 1.165) is 17.1 Å². The molecule has 2 heterocycles. The lowest BCUT2D eigenvalue weighted by Crippen LogP contribution is -2.28. The first kappa shape index (κ1) is 9.51. The van der Waals surface area contributed by atoms with Gasteiger partial charge < -0.3 is 14.8 Å². The van der Waals surface area contributed by atoms with Crippen molar-refractivity contribution in [1.29, 1.82) is 0 Å². The number of amides is 1. The van der Waals surface area contributed by atoms with E-state index < -0.39 is 0 Å². The molecule has 4 nitrogen and oxygen atoms in total. The van der Waals surface area contributed by atoms with Crippen molar-refractivity contribution in [3.8, 4) is 11.5 Å². The predicted octanol–water partition coefficient (Wildman–Crippen LogP) is 0.917. The lowest BCUT2D eigenvalue weighted by Gasteiger charge is -2.27. The van der Waals surface area contributed by atoms with Gasteiger partial charge in [-0.15, -0.1) is 0 Å². The third kappa shape index (κ3) is 1.19. The Bertz CT molecular complexity index is 430. The lowest BCUT2D eigenvalue weighted by atomic mass is 9.86. The first-order chi connectivity index (χ1) is 7.81. The van der Waals surface area contributed by atoms with Gasteiger partial charge in [-0.2, -0.15) is 0 Å². The van der Waals surface area contributed by atoms with Gasteiger partial charge in [0.15, 0.2) is 0 Å². The number of hydrogen-bond donors (Lipinski definition) is 1. The molecule has 2 aliphatic rings. The van der Waals surface area contributed by atoms with Gasteiger partial charge in [0, 0.05) is 18.0 Å². The zero-order valence-corrected chi connectivity index (χ0v) is 9.03. The second-order valence-electron chi connectivity index (χ2n) is 4.14. The van der Waals surface area contributed by atoms with E-state index in [9.17, 15) is 4.79 Å². The predicted molar refractivity (Wildman–Crippen MR) is 57.7 cm³/mol. The van der Waals surface area contributed by atoms with Gasteiger partial charge in [0.2, 0.25) is 5.91 Å². The van der Waals surface area contributed by atoms with Gasteiger partial charge in [0.05, 0.1) is 13.0 Å². The Morgan fingerprint density at radius 3 is 3.12 bits per heavy atom. The largest absolute Gasteiger partial charge is 0.496 e. The summed E-state index contributed by atoms with van der Waals surface area (Å²) in [4.78, 5) is 11.6. The van der Waals surface area contributed by atoms with Gasteiger partial charge in [-0.1, -0.05) is 6.07 Å². The van der Waals surface area contributed by atoms with Crippen LogP contribution in [0, 0.1) is 5.92 Å². The number of ether oxygens (including phenoxy) is 2. The molecule has 1 fully saturated rings. The summed E-state index contributed by atoms with van der Waals surface area (Å²) in [5.74, 6) is 1.86. The van der Waals surface area contributed by atoms with Crippen molar-refractivity contribution in [2.45, 2.75) is 5.92 Å². The van der Waals surface area contributed by atoms with E-state index >= 15 is 0 Å². The van der Waals surface area contributed by atoms with Crippen molar-refractivity contribution in [2.75, 3.05) is 20.3 Å². The number of carbonyl (C=O) groups excluding carboxylic acids is 1. The summed E-state index contributed by atoms with van der Waals surface area (Å²) in [5, 5.41) is 2.88. The standard InChI is InChI=1S/C12H13NO3/c1-15-9-3-2-4-10-11(9)7-5-13-12(14)8(7)6-16-10/h2-4,7-8H,5-6H2,1H3,(H,13,14). The molecule has 16 heavy (non-hydrogen) atoms. The third-order valence-electron chi connectivity index (χ3n) is 3.35. The van der Waals surface area contributed by atoms with Crippen molar-refractivity contribution in [3.63, 3.8) is 0 Å². The Labute approximate surface area is 93.5 Å². The lowest BCUT2D eigenvalue weighted by molar-refractivity contribution is -0.123. The Kier molecular flexibility index (Phi) is 2.02. The molecule has 2 atom stereocenters. The molecule has 1 aromatic rings. The number of benzene rings is 1. The van der Waals surface area contributed by atoms with Crippen molar-refractivity contribution in [2.24, 2.45) is 5.92 Å². The summed E-state index contributed by atoms with van der Waals surface area (Å²) in [7, 11) is 1.64. The fourth-order valence-electron chi connectivity index (χ4n) is 2.53. The molecule has 0 radical (unpaired) electrons. The second-order valence-corrected chi connectivity index (χ2v) is 4.14. The first-order valence-corrected chi connectivity index (χ1v) is 5.38. The molecular weight excluding hydrogens is 206 g/mol. The molecule has 84 valence electrons. The van der Waals surface area contributed by atoms with Crippen LogP contribution in [0.2, 0.25) is 0 Å². The smallest absolute Gasteiger partial charge is 0.227 e. The highest BCUT2D eigenvalue weighted by atomic mass is 16.5. The highest BCUT2D eigenvalue weighted by molar-refractivity contribution is 5.83. The van der Waals surface area contributed by atoms with Crippen LogP contribution in [0.5, 0.6) is 11.5 Å². The molecule has 4 heteroatoms. The van der Waals surface area contributed by atoms with Crippen molar-refractivity contribution in [3.05, 3.63) is 23.8 Å². The average molecular weight is 219 g/mol. The van der Waals surface area contributed by atoms with Crippen LogP contribution in [0.3, 0.4) is 0 Å². The van der Waals surface area contributed by atoms with Crippen molar-refractivity contribution in [1.82, 2.24) is 5.32 Å². The minimum absolute atomic E-state index is 0.0659. The summed E-state index contributed by atoms with van der Waals surface area (Å²) >= 11 is 0. The van der Waals surface area contributed by atoms with Crippen LogP contribution in [0.4, 0.5) is 0 Å². The molecule has 0 saturated carbocycles. The number of methoxy groups -OCH3 is 1. The number of rotatable bonds is 1. The number of fused-ring (bicyclic) bond motifs is 3. The Morgan fingerprint density at radius 2 is 2.31 bits per heavy atom. The van der Waals surface area contributed by atoms with Gasteiger partial charge in [-0.3, -0.25) is 4.79 Å². The van der Waals surface area contributed by atoms with E-state index in [2.05, 4.69) is 5.32 Å². The van der Waals surface area contributed by atoms with E-state index in [0.29, 0.717) is 13.2 Å². The molecule has 1 amide bonds. The van der Waals surface area contributed by atoms with Gasteiger partial charge in [-0.05, 0) is 12.1 Å². The zero-order valence-electron chi connectivity index (χ0n) is 9.03. The molecule has 3 rings (SSSR count). The first-order valence-electron chi connectivity index (χ1n) is 5.38. The van der Waals surface area contributed by atoms with E-state index in [1.54, 1.807) is 7.11 Å². The molecule has 2 aliphatic heterocycles. The molecule has 0 aliphatic carbocycles. The maximum Gasteiger partial charge on any atom is 0.227 e. The highest BCUT2D eigenvalue weighted by Gasteiger charge is 2.42. The molecule has 0 spiro atoms. The number of hydrogen-bond acceptors (Lipinski definition) is 3. The van der Waals surface area contributed by atoms with E-state index in [4.69, 9.17) is 9.47 Å². The van der Waals surface area contributed by atoms with Gasteiger partial charge in [-0.25, -0.2) is 0 Å². The van der Waals surface area contributed by atoms with E-state index in [-0.39, 0.29) is 17.7 Å². The fourth-order valence-corrected chi connectivity index (χ4v) is 2.53. The quantitative estimate of drug-likeness (QED) is 0.764. The van der Waals surface area contributed by atoms with Crippen LogP contribution in [-0.4, -0.2) is 26.2 Å². The molecular formula is C12H13NO3. The monoisotopic (exact) mass is 219 g/mol. The third-order valence-corrected chi connectivity index (χ3v) is 3.35. The molecule has 1 N–H and O–H groups in total. The van der Waals surface area contributed by atoms with Crippen LogP contribution in [0.1, 0.15) is 11.5 Å². The van der Waals surface area contributed by atoms with Gasteiger partial charge in [0.25, 0.3) is 0 Å². The van der Waals surface area contributed by atoms with Crippen molar-refractivity contribution >= 4 is 5.91 Å². The fraction of sp³-hybridized carbons (Fsp3) is 0.417. The van der Waals surface area contributed by atoms with Crippen LogP contribution in [0.15, 0.2) is 18.2 Å². The number of nitrogens with one attached hydrogen (secondary N) is 1. The molecule has 0 bridgehead atoms. The minimum atomic E-state index is -0.0659. The summed E-state index contributed by atoms with van der Waals surface area (Å²) in [6.45, 7) is 1.15. The van der Waals surface area contributed by atoms with Crippen LogP contribution < -0.4 is 14.8 Å². The van der Waals surface area contributed by atoms with Crippen LogP contribution in [-0.2, 0) is 4.79 Å². The minimum Gasteiger partial charge on any atom is -0.496 e. The van der Waals surface area contributed by atoms with E-state index in [1.807, 2.05) is 18.2 Å². The Morgan fingerprint density at radius 1 is 1.44 bits per heavy atom. The molecule has 2 unspecified atom stereocenters. The summed E-state index contributed by atoms with van der Waals surface area (Å²) in [6.07, 6.45) is 0. The number of carbonyl (C=O) groups is 1. The second kappa shape index (κ2) is 3.40. The van der Waals surface area contributed by atoms with Gasteiger partial charge in [0.1, 0.15) is 18.1 Å². The average Bonchev–Trinajstić information content (AvgIpc) is 2.70. The maximum absolute atomic E-state index is 11.6. The highest BCUT2D eigenvalue weighted by Crippen LogP contribution is 2.44. The molecule has 0 aromatic heterocycles.